The van der Waals surface area contributed by atoms with Gasteiger partial charge < -0.3 is 14.6 Å². The molecule has 0 aliphatic heterocycles. The highest BCUT2D eigenvalue weighted by atomic mass is 19.4. The van der Waals surface area contributed by atoms with Crippen LogP contribution in [0.2, 0.25) is 0 Å². The minimum absolute atomic E-state index is 0.151. The molecule has 1 rings (SSSR count). The molecule has 0 aliphatic carbocycles. The van der Waals surface area contributed by atoms with Crippen molar-refractivity contribution in [2.45, 2.75) is 12.3 Å². The van der Waals surface area contributed by atoms with Gasteiger partial charge in [0.05, 0.1) is 26.9 Å². The Morgan fingerprint density at radius 3 is 2.40 bits per heavy atom. The van der Waals surface area contributed by atoms with Crippen molar-refractivity contribution < 1.29 is 27.8 Å². The normalized spacial score (nSPS) is 13.4. The first kappa shape index (κ1) is 16.6. The number of aliphatic hydroxyl groups is 1. The zero-order chi connectivity index (χ0) is 15.3. The van der Waals surface area contributed by atoms with Crippen LogP contribution in [0.4, 0.5) is 13.2 Å². The van der Waals surface area contributed by atoms with Crippen LogP contribution in [0.25, 0.3) is 0 Å². The fourth-order valence-electron chi connectivity index (χ4n) is 1.86. The summed E-state index contributed by atoms with van der Waals surface area (Å²) < 4.78 is 46.8. The van der Waals surface area contributed by atoms with Gasteiger partial charge in [-0.2, -0.15) is 13.2 Å². The zero-order valence-electron chi connectivity index (χ0n) is 11.6. The van der Waals surface area contributed by atoms with Gasteiger partial charge in [0.2, 0.25) is 0 Å². The van der Waals surface area contributed by atoms with Gasteiger partial charge in [0.1, 0.15) is 11.5 Å². The molecule has 0 spiro atoms. The summed E-state index contributed by atoms with van der Waals surface area (Å²) in [5, 5.41) is 10.0. The minimum atomic E-state index is -4.29. The van der Waals surface area contributed by atoms with E-state index in [9.17, 15) is 18.3 Å². The van der Waals surface area contributed by atoms with Gasteiger partial charge in [-0.15, -0.1) is 0 Å². The van der Waals surface area contributed by atoms with Crippen molar-refractivity contribution in [1.29, 1.82) is 0 Å². The number of methoxy groups -OCH3 is 2. The molecular weight excluding hydrogens is 275 g/mol. The van der Waals surface area contributed by atoms with Crippen LogP contribution < -0.4 is 9.47 Å². The van der Waals surface area contributed by atoms with Crippen molar-refractivity contribution in [3.8, 4) is 11.5 Å². The third-order valence-electron chi connectivity index (χ3n) is 2.73. The molecule has 0 saturated heterocycles. The predicted molar refractivity (Wildman–Crippen MR) is 68.1 cm³/mol. The molecule has 114 valence electrons. The largest absolute Gasteiger partial charge is 0.497 e. The van der Waals surface area contributed by atoms with Gasteiger partial charge in [0, 0.05) is 18.2 Å². The highest BCUT2D eigenvalue weighted by Crippen LogP contribution is 2.30. The number of benzene rings is 1. The van der Waals surface area contributed by atoms with Crippen LogP contribution in [0.15, 0.2) is 18.2 Å². The van der Waals surface area contributed by atoms with E-state index < -0.39 is 18.8 Å². The number of nitrogens with zero attached hydrogens (tertiary/aromatic N) is 1. The van der Waals surface area contributed by atoms with Gasteiger partial charge in [-0.1, -0.05) is 0 Å². The molecule has 0 bridgehead atoms. The van der Waals surface area contributed by atoms with E-state index in [1.54, 1.807) is 18.2 Å². The Bertz CT molecular complexity index is 437. The van der Waals surface area contributed by atoms with Gasteiger partial charge in [-0.05, 0) is 19.2 Å². The van der Waals surface area contributed by atoms with Crippen LogP contribution in [-0.2, 0) is 0 Å². The smallest absolute Gasteiger partial charge is 0.401 e. The van der Waals surface area contributed by atoms with Gasteiger partial charge in [-0.25, -0.2) is 0 Å². The number of ether oxygens (including phenoxy) is 2. The maximum absolute atomic E-state index is 12.2. The van der Waals surface area contributed by atoms with Crippen molar-refractivity contribution in [2.75, 3.05) is 34.4 Å². The van der Waals surface area contributed by atoms with Gasteiger partial charge in [0.25, 0.3) is 0 Å². The molecule has 20 heavy (non-hydrogen) atoms. The minimum Gasteiger partial charge on any atom is -0.497 e. The average molecular weight is 293 g/mol. The Balaban J connectivity index is 2.79. The van der Waals surface area contributed by atoms with E-state index in [0.29, 0.717) is 17.1 Å². The molecular formula is C13H18F3NO3. The molecule has 0 saturated carbocycles. The van der Waals surface area contributed by atoms with Crippen molar-refractivity contribution in [3.63, 3.8) is 0 Å². The number of halogens is 3. The third kappa shape index (κ3) is 4.90. The fourth-order valence-corrected chi connectivity index (χ4v) is 1.86. The molecule has 0 heterocycles. The van der Waals surface area contributed by atoms with Crippen LogP contribution >= 0.6 is 0 Å². The average Bonchev–Trinajstić information content (AvgIpc) is 2.35. The maximum atomic E-state index is 12.2. The van der Waals surface area contributed by atoms with Gasteiger partial charge >= 0.3 is 6.18 Å². The lowest BCUT2D eigenvalue weighted by molar-refractivity contribution is -0.145. The summed E-state index contributed by atoms with van der Waals surface area (Å²) >= 11 is 0. The molecule has 7 heteroatoms. The van der Waals surface area contributed by atoms with Crippen LogP contribution in [0, 0.1) is 0 Å². The fraction of sp³-hybridized carbons (Fsp3) is 0.538. The number of rotatable bonds is 6. The number of hydrogen-bond donors (Lipinski definition) is 1. The predicted octanol–water partition coefficient (Wildman–Crippen LogP) is 2.23. The number of aliphatic hydroxyl groups excluding tert-OH is 1. The van der Waals surface area contributed by atoms with Crippen LogP contribution in [-0.4, -0.2) is 50.5 Å². The summed E-state index contributed by atoms with van der Waals surface area (Å²) in [5.41, 5.74) is 0.419. The lowest BCUT2D eigenvalue weighted by atomic mass is 10.1. The van der Waals surface area contributed by atoms with E-state index in [2.05, 4.69) is 0 Å². The zero-order valence-corrected chi connectivity index (χ0v) is 11.6. The molecule has 0 fully saturated rings. The Morgan fingerprint density at radius 1 is 1.25 bits per heavy atom. The molecule has 4 nitrogen and oxygen atoms in total. The van der Waals surface area contributed by atoms with Crippen molar-refractivity contribution in [1.82, 2.24) is 4.90 Å². The van der Waals surface area contributed by atoms with E-state index in [-0.39, 0.29) is 6.54 Å². The molecule has 0 radical (unpaired) electrons. The molecule has 1 atom stereocenters. The van der Waals surface area contributed by atoms with E-state index >= 15 is 0 Å². The highest BCUT2D eigenvalue weighted by molar-refractivity contribution is 5.42. The standard InChI is InChI=1S/C13H18F3NO3/c1-17(8-13(14,15)16)7-11(18)10-5-4-9(19-2)6-12(10)20-3/h4-6,11,18H,7-8H2,1-3H3. The first-order valence-corrected chi connectivity index (χ1v) is 5.92. The van der Waals surface area contributed by atoms with Crippen molar-refractivity contribution >= 4 is 0 Å². The summed E-state index contributed by atoms with van der Waals surface area (Å²) in [5.74, 6) is 0.915. The summed E-state index contributed by atoms with van der Waals surface area (Å²) in [6, 6.07) is 4.76. The van der Waals surface area contributed by atoms with Crippen molar-refractivity contribution in [3.05, 3.63) is 23.8 Å². The topological polar surface area (TPSA) is 41.9 Å². The van der Waals surface area contributed by atoms with E-state index in [4.69, 9.17) is 9.47 Å². The Morgan fingerprint density at radius 2 is 1.90 bits per heavy atom. The lowest BCUT2D eigenvalue weighted by Crippen LogP contribution is -2.34. The summed E-state index contributed by atoms with van der Waals surface area (Å²) in [6.07, 6.45) is -5.37. The van der Waals surface area contributed by atoms with Crippen LogP contribution in [0.5, 0.6) is 11.5 Å². The van der Waals surface area contributed by atoms with E-state index in [1.807, 2.05) is 0 Å². The molecule has 0 aromatic heterocycles. The quantitative estimate of drug-likeness (QED) is 0.873. The maximum Gasteiger partial charge on any atom is 0.401 e. The van der Waals surface area contributed by atoms with Crippen LogP contribution in [0.1, 0.15) is 11.7 Å². The third-order valence-corrected chi connectivity index (χ3v) is 2.73. The molecule has 1 aromatic rings. The van der Waals surface area contributed by atoms with Crippen LogP contribution in [0.3, 0.4) is 0 Å². The SMILES string of the molecule is COc1ccc(C(O)CN(C)CC(F)(F)F)c(OC)c1. The molecule has 1 unspecified atom stereocenters. The number of alkyl halides is 3. The van der Waals surface area contributed by atoms with E-state index in [0.717, 1.165) is 4.90 Å². The molecule has 0 aliphatic rings. The summed E-state index contributed by atoms with van der Waals surface area (Å²) in [6.45, 7) is -1.23. The number of hydrogen-bond acceptors (Lipinski definition) is 4. The summed E-state index contributed by atoms with van der Waals surface area (Å²) in [7, 11) is 4.21. The van der Waals surface area contributed by atoms with Gasteiger partial charge in [0.15, 0.2) is 0 Å². The first-order valence-electron chi connectivity index (χ1n) is 5.92. The number of likely N-dealkylation sites (N-methyl/N-ethyl adjacent to an activating group) is 1. The summed E-state index contributed by atoms with van der Waals surface area (Å²) in [4.78, 5) is 1.01. The first-order chi connectivity index (χ1) is 9.26. The second kappa shape index (κ2) is 6.81. The van der Waals surface area contributed by atoms with E-state index in [1.165, 1.54) is 21.3 Å². The van der Waals surface area contributed by atoms with Gasteiger partial charge in [-0.3, -0.25) is 4.90 Å². The monoisotopic (exact) mass is 293 g/mol. The second-order valence-corrected chi connectivity index (χ2v) is 4.44. The molecule has 0 amide bonds. The molecule has 1 aromatic carbocycles. The van der Waals surface area contributed by atoms with Crippen molar-refractivity contribution in [2.24, 2.45) is 0 Å². The highest BCUT2D eigenvalue weighted by Gasteiger charge is 2.30. The molecule has 1 N–H and O–H groups in total. The Hall–Kier alpha value is -1.47. The second-order valence-electron chi connectivity index (χ2n) is 4.44. The lowest BCUT2D eigenvalue weighted by Gasteiger charge is -2.23. The Kier molecular flexibility index (Phi) is 5.64. The Labute approximate surface area is 115 Å².